The molecule has 0 atom stereocenters. The third-order valence-corrected chi connectivity index (χ3v) is 4.41. The van der Waals surface area contributed by atoms with E-state index in [9.17, 15) is 9.59 Å². The maximum absolute atomic E-state index is 12.7. The lowest BCUT2D eigenvalue weighted by molar-refractivity contribution is 0.0697. The first kappa shape index (κ1) is 17.7. The number of aryl methyl sites for hydroxylation is 1. The van der Waals surface area contributed by atoms with Gasteiger partial charge in [-0.1, -0.05) is 12.1 Å². The van der Waals surface area contributed by atoms with Gasteiger partial charge in [0, 0.05) is 6.07 Å². The van der Waals surface area contributed by atoms with Crippen LogP contribution in [-0.4, -0.2) is 18.2 Å². The lowest BCUT2D eigenvalue weighted by Gasteiger charge is -2.13. The summed E-state index contributed by atoms with van der Waals surface area (Å²) in [6.45, 7) is 1.81. The van der Waals surface area contributed by atoms with Crippen molar-refractivity contribution in [2.75, 3.05) is 7.11 Å². The Balaban J connectivity index is 1.84. The molecule has 7 nitrogen and oxygen atoms in total. The van der Waals surface area contributed by atoms with Gasteiger partial charge < -0.3 is 23.4 Å². The highest BCUT2D eigenvalue weighted by atomic mass is 16.5. The molecule has 2 aromatic carbocycles. The van der Waals surface area contributed by atoms with Crippen molar-refractivity contribution in [1.82, 2.24) is 0 Å². The summed E-state index contributed by atoms with van der Waals surface area (Å²) in [5.41, 5.74) is 1.36. The van der Waals surface area contributed by atoms with Crippen LogP contribution in [-0.2, 0) is 6.61 Å². The number of furan rings is 1. The third kappa shape index (κ3) is 2.87. The van der Waals surface area contributed by atoms with Crippen molar-refractivity contribution < 1.29 is 28.2 Å². The number of benzene rings is 2. The second-order valence-electron chi connectivity index (χ2n) is 6.24. The van der Waals surface area contributed by atoms with Crippen LogP contribution in [0.15, 0.2) is 56.3 Å². The fraction of sp³-hybridized carbons (Fsp3) is 0.143. The van der Waals surface area contributed by atoms with Crippen LogP contribution < -0.4 is 14.9 Å². The Kier molecular flexibility index (Phi) is 4.27. The molecule has 0 saturated carbocycles. The molecule has 0 aliphatic carbocycles. The molecule has 0 spiro atoms. The number of carboxylic acids is 1. The topological polar surface area (TPSA) is 99.1 Å². The summed E-state index contributed by atoms with van der Waals surface area (Å²) in [4.78, 5) is 23.7. The van der Waals surface area contributed by atoms with E-state index in [4.69, 9.17) is 23.4 Å². The summed E-state index contributed by atoms with van der Waals surface area (Å²) in [6.07, 6.45) is 1.48. The zero-order valence-electron chi connectivity index (χ0n) is 15.1. The summed E-state index contributed by atoms with van der Waals surface area (Å²) in [6, 6.07) is 9.40. The Labute approximate surface area is 158 Å². The first-order valence-corrected chi connectivity index (χ1v) is 8.46. The minimum atomic E-state index is -0.998. The number of rotatable bonds is 5. The second-order valence-corrected chi connectivity index (χ2v) is 6.24. The van der Waals surface area contributed by atoms with Gasteiger partial charge in [0.2, 0.25) is 5.75 Å². The largest absolute Gasteiger partial charge is 0.490 e. The highest BCUT2D eigenvalue weighted by Crippen LogP contribution is 2.42. The summed E-state index contributed by atoms with van der Waals surface area (Å²) in [5.74, 6) is 0.100. The lowest BCUT2D eigenvalue weighted by Crippen LogP contribution is -2.06. The van der Waals surface area contributed by atoms with E-state index in [1.165, 1.54) is 31.6 Å². The lowest BCUT2D eigenvalue weighted by atomic mass is 10.1. The summed E-state index contributed by atoms with van der Waals surface area (Å²) >= 11 is 0. The standard InChI is InChI=1S/C21H16O7/c1-11-9-15(22)16-17(27-10-12-3-5-13(6-4-12)21(23)24)14-7-8-26-18(14)20(25-2)19(16)28-11/h3-9H,10H2,1-2H3,(H,23,24). The molecule has 0 fully saturated rings. The molecular weight excluding hydrogens is 364 g/mol. The van der Waals surface area contributed by atoms with E-state index in [2.05, 4.69) is 0 Å². The van der Waals surface area contributed by atoms with Crippen LogP contribution in [0.3, 0.4) is 0 Å². The van der Waals surface area contributed by atoms with Gasteiger partial charge in [0.05, 0.1) is 24.3 Å². The normalized spacial score (nSPS) is 11.1. The van der Waals surface area contributed by atoms with E-state index >= 15 is 0 Å². The van der Waals surface area contributed by atoms with Gasteiger partial charge in [-0.15, -0.1) is 0 Å². The fourth-order valence-electron chi connectivity index (χ4n) is 3.12. The number of methoxy groups -OCH3 is 1. The fourth-order valence-corrected chi connectivity index (χ4v) is 3.12. The minimum Gasteiger partial charge on any atom is -0.490 e. The molecule has 28 heavy (non-hydrogen) atoms. The van der Waals surface area contributed by atoms with Gasteiger partial charge in [0.15, 0.2) is 16.6 Å². The van der Waals surface area contributed by atoms with Gasteiger partial charge in [-0.2, -0.15) is 0 Å². The van der Waals surface area contributed by atoms with Crippen LogP contribution in [0.4, 0.5) is 0 Å². The molecule has 0 aliphatic heterocycles. The van der Waals surface area contributed by atoms with Crippen molar-refractivity contribution in [3.63, 3.8) is 0 Å². The molecule has 2 aromatic heterocycles. The molecule has 0 saturated heterocycles. The van der Waals surface area contributed by atoms with E-state index in [1.54, 1.807) is 25.1 Å². The smallest absolute Gasteiger partial charge is 0.335 e. The number of carbonyl (C=O) groups is 1. The summed E-state index contributed by atoms with van der Waals surface area (Å²) < 4.78 is 22.7. The highest BCUT2D eigenvalue weighted by molar-refractivity contribution is 6.06. The second kappa shape index (κ2) is 6.77. The zero-order chi connectivity index (χ0) is 19.8. The van der Waals surface area contributed by atoms with Crippen molar-refractivity contribution in [2.24, 2.45) is 0 Å². The van der Waals surface area contributed by atoms with Gasteiger partial charge in [-0.3, -0.25) is 4.79 Å². The summed E-state index contributed by atoms with van der Waals surface area (Å²) in [7, 11) is 1.48. The Morgan fingerprint density at radius 1 is 1.11 bits per heavy atom. The number of aromatic carboxylic acids is 1. The Bertz CT molecular complexity index is 1250. The molecule has 0 amide bonds. The van der Waals surface area contributed by atoms with Crippen molar-refractivity contribution in [1.29, 1.82) is 0 Å². The van der Waals surface area contributed by atoms with Crippen LogP contribution in [0, 0.1) is 6.92 Å². The monoisotopic (exact) mass is 380 g/mol. The van der Waals surface area contributed by atoms with Gasteiger partial charge in [-0.05, 0) is 30.7 Å². The number of hydrogen-bond acceptors (Lipinski definition) is 6. The highest BCUT2D eigenvalue weighted by Gasteiger charge is 2.22. The maximum Gasteiger partial charge on any atom is 0.335 e. The van der Waals surface area contributed by atoms with Gasteiger partial charge in [-0.25, -0.2) is 4.79 Å². The SMILES string of the molecule is COc1c2occc2c(OCc2ccc(C(=O)O)cc2)c2c(=O)cc(C)oc12. The molecule has 0 bridgehead atoms. The average Bonchev–Trinajstić information content (AvgIpc) is 3.14. The van der Waals surface area contributed by atoms with E-state index in [0.717, 1.165) is 5.56 Å². The molecule has 7 heteroatoms. The molecule has 0 unspecified atom stereocenters. The Morgan fingerprint density at radius 2 is 1.86 bits per heavy atom. The van der Waals surface area contributed by atoms with Crippen molar-refractivity contribution in [3.8, 4) is 11.5 Å². The van der Waals surface area contributed by atoms with E-state index in [0.29, 0.717) is 28.2 Å². The third-order valence-electron chi connectivity index (χ3n) is 4.41. The predicted octanol–water partition coefficient (Wildman–Crippen LogP) is 4.13. The molecule has 0 radical (unpaired) electrons. The molecular formula is C21H16O7. The van der Waals surface area contributed by atoms with Gasteiger partial charge in [0.25, 0.3) is 0 Å². The van der Waals surface area contributed by atoms with Crippen molar-refractivity contribution >= 4 is 27.9 Å². The zero-order valence-corrected chi connectivity index (χ0v) is 15.1. The first-order valence-electron chi connectivity index (χ1n) is 8.46. The molecule has 2 heterocycles. The number of hydrogen-bond donors (Lipinski definition) is 1. The van der Waals surface area contributed by atoms with Crippen LogP contribution in [0.5, 0.6) is 11.5 Å². The molecule has 0 aliphatic rings. The maximum atomic E-state index is 12.7. The number of ether oxygens (including phenoxy) is 2. The first-order chi connectivity index (χ1) is 13.5. The number of carboxylic acid groups (broad SMARTS) is 1. The van der Waals surface area contributed by atoms with Gasteiger partial charge in [0.1, 0.15) is 23.5 Å². The van der Waals surface area contributed by atoms with Crippen LogP contribution in [0.1, 0.15) is 21.7 Å². The van der Waals surface area contributed by atoms with E-state index in [1.807, 2.05) is 0 Å². The summed E-state index contributed by atoms with van der Waals surface area (Å²) in [5, 5.41) is 9.85. The van der Waals surface area contributed by atoms with E-state index < -0.39 is 5.97 Å². The molecule has 4 rings (SSSR count). The van der Waals surface area contributed by atoms with Crippen LogP contribution >= 0.6 is 0 Å². The Hall–Kier alpha value is -3.74. The van der Waals surface area contributed by atoms with E-state index in [-0.39, 0.29) is 28.6 Å². The van der Waals surface area contributed by atoms with Crippen LogP contribution in [0.25, 0.3) is 21.9 Å². The molecule has 142 valence electrons. The van der Waals surface area contributed by atoms with Crippen molar-refractivity contribution in [2.45, 2.75) is 13.5 Å². The molecule has 1 N–H and O–H groups in total. The quantitative estimate of drug-likeness (QED) is 0.556. The predicted molar refractivity (Wildman–Crippen MR) is 101 cm³/mol. The average molecular weight is 380 g/mol. The Morgan fingerprint density at radius 3 is 2.54 bits per heavy atom. The minimum absolute atomic E-state index is 0.134. The van der Waals surface area contributed by atoms with Crippen LogP contribution in [0.2, 0.25) is 0 Å². The van der Waals surface area contributed by atoms with Crippen molar-refractivity contribution in [3.05, 3.63) is 69.8 Å². The van der Waals surface area contributed by atoms with Gasteiger partial charge >= 0.3 is 5.97 Å². The number of fused-ring (bicyclic) bond motifs is 2. The molecule has 4 aromatic rings.